The van der Waals surface area contributed by atoms with Gasteiger partial charge in [0, 0.05) is 12.1 Å². The van der Waals surface area contributed by atoms with Crippen LogP contribution in [0.15, 0.2) is 0 Å². The van der Waals surface area contributed by atoms with E-state index in [0.29, 0.717) is 0 Å². The maximum Gasteiger partial charge on any atom is 0.0646 e. The van der Waals surface area contributed by atoms with E-state index in [4.69, 9.17) is 10.5 Å². The van der Waals surface area contributed by atoms with Crippen LogP contribution in [0, 0.1) is 5.92 Å². The summed E-state index contributed by atoms with van der Waals surface area (Å²) >= 11 is 0. The Morgan fingerprint density at radius 3 is 2.60 bits per heavy atom. The number of ether oxygens (including phenoxy) is 1. The molecule has 0 bridgehead atoms. The molecule has 2 aliphatic rings. The molecule has 2 N–H and O–H groups in total. The predicted octanol–water partition coefficient (Wildman–Crippen LogP) is 0.904. The van der Waals surface area contributed by atoms with Crippen molar-refractivity contribution in [2.75, 3.05) is 13.2 Å². The largest absolute Gasteiger partial charge is 0.379 e. The van der Waals surface area contributed by atoms with Gasteiger partial charge in [-0.2, -0.15) is 0 Å². The van der Waals surface area contributed by atoms with E-state index in [1.807, 2.05) is 0 Å². The van der Waals surface area contributed by atoms with Crippen LogP contribution in [-0.4, -0.2) is 18.8 Å². The van der Waals surface area contributed by atoms with E-state index < -0.39 is 0 Å². The number of hydrogen-bond donors (Lipinski definition) is 1. The van der Waals surface area contributed by atoms with Crippen LogP contribution in [-0.2, 0) is 4.74 Å². The van der Waals surface area contributed by atoms with E-state index >= 15 is 0 Å². The second-order valence-corrected chi connectivity index (χ2v) is 3.82. The summed E-state index contributed by atoms with van der Waals surface area (Å²) in [6, 6.07) is 0. The molecular formula is C8H15NO. The summed E-state index contributed by atoms with van der Waals surface area (Å²) in [4.78, 5) is 0. The van der Waals surface area contributed by atoms with E-state index in [1.54, 1.807) is 0 Å². The summed E-state index contributed by atoms with van der Waals surface area (Å²) in [6.07, 6.45) is 5.07. The molecule has 2 rings (SSSR count). The van der Waals surface area contributed by atoms with Gasteiger partial charge in [0.25, 0.3) is 0 Å². The highest BCUT2D eigenvalue weighted by molar-refractivity contribution is 4.98. The minimum absolute atomic E-state index is 0.0922. The van der Waals surface area contributed by atoms with Gasteiger partial charge in [-0.1, -0.05) is 0 Å². The first kappa shape index (κ1) is 6.62. The van der Waals surface area contributed by atoms with E-state index in [-0.39, 0.29) is 5.54 Å². The summed E-state index contributed by atoms with van der Waals surface area (Å²) in [5.74, 6) is 0.877. The fraction of sp³-hybridized carbons (Fsp3) is 1.00. The molecule has 10 heavy (non-hydrogen) atoms. The molecule has 0 aromatic heterocycles. The van der Waals surface area contributed by atoms with Crippen LogP contribution in [0.5, 0.6) is 0 Å². The van der Waals surface area contributed by atoms with Crippen molar-refractivity contribution < 1.29 is 4.74 Å². The van der Waals surface area contributed by atoms with Crippen LogP contribution in [0.4, 0.5) is 0 Å². The zero-order valence-corrected chi connectivity index (χ0v) is 6.31. The van der Waals surface area contributed by atoms with E-state index in [1.165, 1.54) is 12.8 Å². The molecule has 0 radical (unpaired) electrons. The zero-order chi connectivity index (χ0) is 7.03. The Balaban J connectivity index is 1.54. The molecule has 0 aromatic rings. The molecule has 0 heterocycles. The lowest BCUT2D eigenvalue weighted by Crippen LogP contribution is -2.28. The van der Waals surface area contributed by atoms with Crippen LogP contribution in [0.2, 0.25) is 0 Å². The first-order valence-corrected chi connectivity index (χ1v) is 4.15. The number of rotatable bonds is 4. The quantitative estimate of drug-likeness (QED) is 0.631. The van der Waals surface area contributed by atoms with Gasteiger partial charge in [0.1, 0.15) is 0 Å². The van der Waals surface area contributed by atoms with Gasteiger partial charge in [-0.05, 0) is 31.6 Å². The molecule has 0 spiro atoms. The third kappa shape index (κ3) is 1.70. The van der Waals surface area contributed by atoms with Crippen molar-refractivity contribution in [2.45, 2.75) is 31.2 Å². The molecule has 0 aromatic carbocycles. The zero-order valence-electron chi connectivity index (χ0n) is 6.31. The molecule has 0 aliphatic heterocycles. The molecular weight excluding hydrogens is 126 g/mol. The molecule has 2 fully saturated rings. The van der Waals surface area contributed by atoms with Crippen molar-refractivity contribution in [3.63, 3.8) is 0 Å². The summed E-state index contributed by atoms with van der Waals surface area (Å²) in [5.41, 5.74) is 5.92. The molecule has 0 saturated heterocycles. The smallest absolute Gasteiger partial charge is 0.0646 e. The Hall–Kier alpha value is -0.0800. The molecule has 0 atom stereocenters. The second kappa shape index (κ2) is 2.21. The Labute approximate surface area is 61.7 Å². The topological polar surface area (TPSA) is 35.2 Å². The Bertz CT molecular complexity index is 127. The van der Waals surface area contributed by atoms with Crippen molar-refractivity contribution >= 4 is 0 Å². The molecule has 2 heteroatoms. The minimum Gasteiger partial charge on any atom is -0.379 e. The predicted molar refractivity (Wildman–Crippen MR) is 39.7 cm³/mol. The lowest BCUT2D eigenvalue weighted by atomic mass is 10.3. The number of nitrogens with two attached hydrogens (primary N) is 1. The Kier molecular flexibility index (Phi) is 1.46. The van der Waals surface area contributed by atoms with Crippen LogP contribution in [0.1, 0.15) is 25.7 Å². The summed E-state index contributed by atoms with van der Waals surface area (Å²) in [5, 5.41) is 0. The highest BCUT2D eigenvalue weighted by atomic mass is 16.5. The van der Waals surface area contributed by atoms with E-state index in [2.05, 4.69) is 0 Å². The SMILES string of the molecule is NC1(COCC2CC2)CC1. The maximum atomic E-state index is 5.83. The van der Waals surface area contributed by atoms with Crippen molar-refractivity contribution in [2.24, 2.45) is 11.7 Å². The van der Waals surface area contributed by atoms with Crippen LogP contribution < -0.4 is 5.73 Å². The van der Waals surface area contributed by atoms with Gasteiger partial charge in [-0.15, -0.1) is 0 Å². The van der Waals surface area contributed by atoms with Crippen molar-refractivity contribution in [3.05, 3.63) is 0 Å². The van der Waals surface area contributed by atoms with Gasteiger partial charge in [0.2, 0.25) is 0 Å². The molecule has 2 saturated carbocycles. The normalized spacial score (nSPS) is 28.5. The van der Waals surface area contributed by atoms with Gasteiger partial charge >= 0.3 is 0 Å². The standard InChI is InChI=1S/C8H15NO/c9-8(3-4-8)6-10-5-7-1-2-7/h7H,1-6,9H2. The highest BCUT2D eigenvalue weighted by Crippen LogP contribution is 2.34. The summed E-state index contributed by atoms with van der Waals surface area (Å²) < 4.78 is 5.46. The van der Waals surface area contributed by atoms with Gasteiger partial charge in [-0.3, -0.25) is 0 Å². The molecule has 2 aliphatic carbocycles. The minimum atomic E-state index is 0.0922. The average molecular weight is 141 g/mol. The monoisotopic (exact) mass is 141 g/mol. The van der Waals surface area contributed by atoms with E-state index in [9.17, 15) is 0 Å². The third-order valence-corrected chi connectivity index (χ3v) is 2.33. The number of hydrogen-bond acceptors (Lipinski definition) is 2. The molecule has 0 unspecified atom stereocenters. The molecule has 0 amide bonds. The fourth-order valence-corrected chi connectivity index (χ4v) is 1.02. The van der Waals surface area contributed by atoms with Crippen molar-refractivity contribution in [3.8, 4) is 0 Å². The summed E-state index contributed by atoms with van der Waals surface area (Å²) in [7, 11) is 0. The first-order valence-electron chi connectivity index (χ1n) is 4.15. The van der Waals surface area contributed by atoms with Crippen LogP contribution >= 0.6 is 0 Å². The van der Waals surface area contributed by atoms with Gasteiger partial charge < -0.3 is 10.5 Å². The van der Waals surface area contributed by atoms with Crippen LogP contribution in [0.3, 0.4) is 0 Å². The average Bonchev–Trinajstić information content (AvgIpc) is 2.70. The summed E-state index contributed by atoms with van der Waals surface area (Å²) in [6.45, 7) is 1.75. The lowest BCUT2D eigenvalue weighted by Gasteiger charge is -2.07. The van der Waals surface area contributed by atoms with Crippen molar-refractivity contribution in [1.82, 2.24) is 0 Å². The van der Waals surface area contributed by atoms with E-state index in [0.717, 1.165) is 32.0 Å². The fourth-order valence-electron chi connectivity index (χ4n) is 1.02. The Morgan fingerprint density at radius 1 is 1.40 bits per heavy atom. The van der Waals surface area contributed by atoms with Gasteiger partial charge in [0.15, 0.2) is 0 Å². The Morgan fingerprint density at radius 2 is 2.10 bits per heavy atom. The van der Waals surface area contributed by atoms with Crippen LogP contribution in [0.25, 0.3) is 0 Å². The maximum absolute atomic E-state index is 5.83. The molecule has 58 valence electrons. The highest BCUT2D eigenvalue weighted by Gasteiger charge is 2.38. The molecule has 2 nitrogen and oxygen atoms in total. The first-order chi connectivity index (χ1) is 4.79. The van der Waals surface area contributed by atoms with Crippen molar-refractivity contribution in [1.29, 1.82) is 0 Å². The third-order valence-electron chi connectivity index (χ3n) is 2.33. The van der Waals surface area contributed by atoms with Gasteiger partial charge in [0.05, 0.1) is 6.61 Å². The van der Waals surface area contributed by atoms with Gasteiger partial charge in [-0.25, -0.2) is 0 Å². The second-order valence-electron chi connectivity index (χ2n) is 3.82. The lowest BCUT2D eigenvalue weighted by molar-refractivity contribution is 0.106.